The second kappa shape index (κ2) is 6.50. The highest BCUT2D eigenvalue weighted by Crippen LogP contribution is 2.36. The molecule has 0 atom stereocenters. The van der Waals surface area contributed by atoms with Crippen molar-refractivity contribution in [3.8, 4) is 0 Å². The Morgan fingerprint density at radius 2 is 0.759 bits per heavy atom. The van der Waals surface area contributed by atoms with E-state index in [1.54, 1.807) is 11.8 Å². The van der Waals surface area contributed by atoms with Crippen molar-refractivity contribution in [3.63, 3.8) is 0 Å². The molecule has 0 bridgehead atoms. The minimum Gasteiger partial charge on any atom is -0.244 e. The predicted molar refractivity (Wildman–Crippen MR) is 118 cm³/mol. The van der Waals surface area contributed by atoms with E-state index >= 15 is 0 Å². The third-order valence-corrected chi connectivity index (χ3v) is 5.98. The topological polar surface area (TPSA) is 51.6 Å². The molecule has 4 nitrogen and oxygen atoms in total. The second-order valence-electron chi connectivity index (χ2n) is 6.77. The Balaban J connectivity index is 1.55. The van der Waals surface area contributed by atoms with Gasteiger partial charge in [-0.2, -0.15) is 0 Å². The molecule has 0 aliphatic heterocycles. The number of fused-ring (bicyclic) bond motifs is 4. The van der Waals surface area contributed by atoms with Crippen molar-refractivity contribution in [1.82, 2.24) is 19.9 Å². The number of hydrogen-bond acceptors (Lipinski definition) is 5. The monoisotopic (exact) mass is 390 g/mol. The van der Waals surface area contributed by atoms with Gasteiger partial charge in [0.15, 0.2) is 0 Å². The number of para-hydroxylation sites is 6. The van der Waals surface area contributed by atoms with Crippen LogP contribution in [0.1, 0.15) is 0 Å². The highest BCUT2D eigenvalue weighted by Gasteiger charge is 2.11. The SMILES string of the molecule is c1ccc2nc3c(Sc4cccc5nc6ccccc6nc45)cccc3nc2c1. The molecule has 0 aliphatic rings. The quantitative estimate of drug-likeness (QED) is 0.338. The van der Waals surface area contributed by atoms with Crippen LogP contribution in [0.5, 0.6) is 0 Å². The lowest BCUT2D eigenvalue weighted by Crippen LogP contribution is -1.91. The van der Waals surface area contributed by atoms with E-state index in [2.05, 4.69) is 12.1 Å². The maximum absolute atomic E-state index is 4.88. The van der Waals surface area contributed by atoms with Crippen LogP contribution in [0.15, 0.2) is 94.7 Å². The zero-order valence-electron chi connectivity index (χ0n) is 15.3. The van der Waals surface area contributed by atoms with E-state index in [4.69, 9.17) is 19.9 Å². The molecule has 2 heterocycles. The fourth-order valence-electron chi connectivity index (χ4n) is 3.52. The minimum atomic E-state index is 0.894. The first-order valence-electron chi connectivity index (χ1n) is 9.34. The van der Waals surface area contributed by atoms with Crippen LogP contribution < -0.4 is 0 Å². The van der Waals surface area contributed by atoms with Gasteiger partial charge in [0.2, 0.25) is 0 Å². The number of hydrogen-bond donors (Lipinski definition) is 0. The zero-order chi connectivity index (χ0) is 19.2. The van der Waals surface area contributed by atoms with Crippen LogP contribution in [0, 0.1) is 0 Å². The second-order valence-corrected chi connectivity index (χ2v) is 7.86. The zero-order valence-corrected chi connectivity index (χ0v) is 16.1. The minimum absolute atomic E-state index is 0.894. The highest BCUT2D eigenvalue weighted by atomic mass is 32.2. The Bertz CT molecular complexity index is 1430. The van der Waals surface area contributed by atoms with Crippen molar-refractivity contribution in [2.75, 3.05) is 0 Å². The van der Waals surface area contributed by atoms with Gasteiger partial charge in [-0.1, -0.05) is 48.2 Å². The third kappa shape index (κ3) is 2.79. The Morgan fingerprint density at radius 3 is 1.21 bits per heavy atom. The van der Waals surface area contributed by atoms with Crippen LogP contribution >= 0.6 is 11.8 Å². The average molecular weight is 390 g/mol. The van der Waals surface area contributed by atoms with Gasteiger partial charge in [0, 0.05) is 9.79 Å². The maximum Gasteiger partial charge on any atom is 0.103 e. The van der Waals surface area contributed by atoms with E-state index in [9.17, 15) is 0 Å². The fraction of sp³-hybridized carbons (Fsp3) is 0. The molecule has 0 radical (unpaired) electrons. The molecule has 5 heteroatoms. The van der Waals surface area contributed by atoms with Gasteiger partial charge in [-0.05, 0) is 48.5 Å². The standard InChI is InChI=1S/C24H14N4S/c1-3-9-17-15(7-1)25-19-11-5-13-21(23(19)27-17)29-22-14-6-12-20-24(22)28-18-10-4-2-8-16(18)26-20/h1-14H. The largest absolute Gasteiger partial charge is 0.244 e. The van der Waals surface area contributed by atoms with Crippen molar-refractivity contribution in [2.24, 2.45) is 0 Å². The van der Waals surface area contributed by atoms with Crippen molar-refractivity contribution < 1.29 is 0 Å². The first-order chi connectivity index (χ1) is 14.3. The number of rotatable bonds is 2. The van der Waals surface area contributed by atoms with Crippen LogP contribution in [0.4, 0.5) is 0 Å². The lowest BCUT2D eigenvalue weighted by molar-refractivity contribution is 1.32. The smallest absolute Gasteiger partial charge is 0.103 e. The molecule has 6 rings (SSSR count). The van der Waals surface area contributed by atoms with Crippen LogP contribution in [-0.2, 0) is 0 Å². The Labute approximate surface area is 170 Å². The molecule has 0 fully saturated rings. The summed E-state index contributed by atoms with van der Waals surface area (Å²) in [5.41, 5.74) is 7.21. The maximum atomic E-state index is 4.88. The van der Waals surface area contributed by atoms with Gasteiger partial charge in [-0.15, -0.1) is 0 Å². The summed E-state index contributed by atoms with van der Waals surface area (Å²) in [6, 6.07) is 28.2. The summed E-state index contributed by atoms with van der Waals surface area (Å²) in [6.07, 6.45) is 0. The van der Waals surface area contributed by atoms with E-state index in [-0.39, 0.29) is 0 Å². The molecule has 0 saturated heterocycles. The molecular formula is C24H14N4S. The van der Waals surface area contributed by atoms with Crippen molar-refractivity contribution >= 4 is 55.9 Å². The molecule has 0 unspecified atom stereocenters. The van der Waals surface area contributed by atoms with E-state index < -0.39 is 0 Å². The van der Waals surface area contributed by atoms with Crippen LogP contribution in [0.3, 0.4) is 0 Å². The highest BCUT2D eigenvalue weighted by molar-refractivity contribution is 7.99. The summed E-state index contributed by atoms with van der Waals surface area (Å²) in [5, 5.41) is 0. The predicted octanol–water partition coefficient (Wildman–Crippen LogP) is 6.03. The van der Waals surface area contributed by atoms with Crippen molar-refractivity contribution in [2.45, 2.75) is 9.79 Å². The molecule has 29 heavy (non-hydrogen) atoms. The van der Waals surface area contributed by atoms with Crippen molar-refractivity contribution in [3.05, 3.63) is 84.9 Å². The van der Waals surface area contributed by atoms with Gasteiger partial charge in [0.1, 0.15) is 11.0 Å². The summed E-state index contributed by atoms with van der Waals surface area (Å²) in [6.45, 7) is 0. The first kappa shape index (κ1) is 16.4. The molecule has 0 saturated carbocycles. The molecule has 136 valence electrons. The summed E-state index contributed by atoms with van der Waals surface area (Å²) >= 11 is 1.66. The van der Waals surface area contributed by atoms with E-state index in [0.29, 0.717) is 0 Å². The molecule has 4 aromatic carbocycles. The summed E-state index contributed by atoms with van der Waals surface area (Å²) in [5.74, 6) is 0. The molecule has 2 aromatic heterocycles. The van der Waals surface area contributed by atoms with Crippen LogP contribution in [-0.4, -0.2) is 19.9 Å². The molecule has 0 N–H and O–H groups in total. The fourth-order valence-corrected chi connectivity index (χ4v) is 4.54. The molecule has 0 amide bonds. The normalized spacial score (nSPS) is 11.6. The van der Waals surface area contributed by atoms with Gasteiger partial charge in [-0.25, -0.2) is 19.9 Å². The van der Waals surface area contributed by atoms with E-state index in [0.717, 1.165) is 53.9 Å². The summed E-state index contributed by atoms with van der Waals surface area (Å²) in [7, 11) is 0. The lowest BCUT2D eigenvalue weighted by atomic mass is 10.2. The Kier molecular flexibility index (Phi) is 3.67. The number of nitrogens with zero attached hydrogens (tertiary/aromatic N) is 4. The van der Waals surface area contributed by atoms with Gasteiger partial charge >= 0.3 is 0 Å². The van der Waals surface area contributed by atoms with Gasteiger partial charge in [0.05, 0.1) is 33.1 Å². The molecular weight excluding hydrogens is 376 g/mol. The van der Waals surface area contributed by atoms with E-state index in [1.165, 1.54) is 0 Å². The van der Waals surface area contributed by atoms with E-state index in [1.807, 2.05) is 72.8 Å². The van der Waals surface area contributed by atoms with Crippen molar-refractivity contribution in [1.29, 1.82) is 0 Å². The third-order valence-electron chi connectivity index (χ3n) is 4.89. The summed E-state index contributed by atoms with van der Waals surface area (Å²) < 4.78 is 0. The Hall–Kier alpha value is -3.57. The number of benzene rings is 4. The first-order valence-corrected chi connectivity index (χ1v) is 10.2. The molecule has 6 aromatic rings. The lowest BCUT2D eigenvalue weighted by Gasteiger charge is -2.09. The Morgan fingerprint density at radius 1 is 0.379 bits per heavy atom. The van der Waals surface area contributed by atoms with Gasteiger partial charge < -0.3 is 0 Å². The number of aromatic nitrogens is 4. The van der Waals surface area contributed by atoms with Gasteiger partial charge in [-0.3, -0.25) is 0 Å². The average Bonchev–Trinajstić information content (AvgIpc) is 2.77. The van der Waals surface area contributed by atoms with Crippen LogP contribution in [0.2, 0.25) is 0 Å². The van der Waals surface area contributed by atoms with Gasteiger partial charge in [0.25, 0.3) is 0 Å². The van der Waals surface area contributed by atoms with Crippen LogP contribution in [0.25, 0.3) is 44.1 Å². The molecule has 0 spiro atoms. The summed E-state index contributed by atoms with van der Waals surface area (Å²) in [4.78, 5) is 21.4. The molecule has 0 aliphatic carbocycles.